The van der Waals surface area contributed by atoms with Gasteiger partial charge in [-0.05, 0) is 33.8 Å². The highest BCUT2D eigenvalue weighted by Gasteiger charge is 2.06. The van der Waals surface area contributed by atoms with Gasteiger partial charge < -0.3 is 0 Å². The van der Waals surface area contributed by atoms with E-state index in [9.17, 15) is 0 Å². The molecule has 1 aromatic rings. The van der Waals surface area contributed by atoms with E-state index in [-0.39, 0.29) is 5.15 Å². The molecule has 0 N–H and O–H groups in total. The molecule has 1 aromatic heterocycles. The number of hydrogen-bond donors (Lipinski definition) is 0. The molecule has 0 atom stereocenters. The van der Waals surface area contributed by atoms with Crippen molar-refractivity contribution in [1.29, 1.82) is 5.26 Å². The molecular weight excluding hydrogens is 283 g/mol. The largest absolute Gasteiger partial charge is 0.222 e. The molecule has 0 fully saturated rings. The van der Waals surface area contributed by atoms with E-state index in [2.05, 4.69) is 20.9 Å². The summed E-state index contributed by atoms with van der Waals surface area (Å²) in [6.45, 7) is 0. The Morgan fingerprint density at radius 1 is 1.50 bits per heavy atom. The van der Waals surface area contributed by atoms with Crippen LogP contribution in [0.2, 0.25) is 10.3 Å². The maximum atomic E-state index is 8.38. The van der Waals surface area contributed by atoms with E-state index in [1.165, 1.54) is 0 Å². The summed E-state index contributed by atoms with van der Waals surface area (Å²) in [5.41, 5.74) is 0. The summed E-state index contributed by atoms with van der Waals surface area (Å²) in [5, 5.41) is 10.8. The molecule has 0 aromatic carbocycles. The molecule has 62 valence electrons. The van der Waals surface area contributed by atoms with Crippen LogP contribution in [0.4, 0.5) is 0 Å². The van der Waals surface area contributed by atoms with Crippen LogP contribution in [0.1, 0.15) is 0 Å². The van der Waals surface area contributed by atoms with E-state index in [4.69, 9.17) is 28.5 Å². The lowest BCUT2D eigenvalue weighted by atomic mass is 10.5. The van der Waals surface area contributed by atoms with Crippen molar-refractivity contribution in [1.82, 2.24) is 4.98 Å². The van der Waals surface area contributed by atoms with Gasteiger partial charge in [-0.2, -0.15) is 5.26 Å². The minimum atomic E-state index is 0.245. The lowest BCUT2D eigenvalue weighted by Gasteiger charge is -1.99. The van der Waals surface area contributed by atoms with Gasteiger partial charge in [0.15, 0.2) is 0 Å². The molecule has 1 heterocycles. The number of pyridine rings is 1. The second kappa shape index (κ2) is 4.33. The predicted molar refractivity (Wildman–Crippen MR) is 53.4 cm³/mol. The summed E-state index contributed by atoms with van der Waals surface area (Å²) in [6, 6.07) is 1.66. The maximum absolute atomic E-state index is 8.38. The van der Waals surface area contributed by atoms with E-state index in [1.807, 2.05) is 5.40 Å². The third-order valence-corrected chi connectivity index (χ3v) is 3.15. The Kier molecular flexibility index (Phi) is 3.66. The second-order valence-electron chi connectivity index (χ2n) is 1.74. The van der Waals surface area contributed by atoms with Crippen LogP contribution in [-0.2, 0) is 0 Å². The van der Waals surface area contributed by atoms with Crippen LogP contribution >= 0.6 is 50.9 Å². The SMILES string of the molecule is N#CSc1cc(Br)c(Cl)nc1Cl. The number of halogens is 3. The highest BCUT2D eigenvalue weighted by atomic mass is 79.9. The number of rotatable bonds is 1. The van der Waals surface area contributed by atoms with Crippen LogP contribution in [0, 0.1) is 10.7 Å². The smallest absolute Gasteiger partial charge is 0.145 e. The highest BCUT2D eigenvalue weighted by Crippen LogP contribution is 2.31. The Balaban J connectivity index is 3.16. The number of nitrogens with zero attached hydrogens (tertiary/aromatic N) is 2. The molecule has 2 nitrogen and oxygen atoms in total. The molecule has 0 bridgehead atoms. The van der Waals surface area contributed by atoms with E-state index in [0.717, 1.165) is 11.8 Å². The summed E-state index contributed by atoms with van der Waals surface area (Å²) >= 11 is 15.5. The van der Waals surface area contributed by atoms with Crippen LogP contribution in [0.15, 0.2) is 15.4 Å². The summed E-state index contributed by atoms with van der Waals surface area (Å²) in [7, 11) is 0. The van der Waals surface area contributed by atoms with Crippen LogP contribution in [-0.4, -0.2) is 4.98 Å². The first-order valence-corrected chi connectivity index (χ1v) is 5.09. The van der Waals surface area contributed by atoms with Gasteiger partial charge >= 0.3 is 0 Å². The zero-order valence-corrected chi connectivity index (χ0v) is 9.43. The summed E-state index contributed by atoms with van der Waals surface area (Å²) in [4.78, 5) is 4.40. The molecule has 1 rings (SSSR count). The Morgan fingerprint density at radius 2 is 2.17 bits per heavy atom. The molecule has 0 unspecified atom stereocenters. The van der Waals surface area contributed by atoms with Gasteiger partial charge in [0.2, 0.25) is 0 Å². The van der Waals surface area contributed by atoms with Crippen molar-refractivity contribution in [3.8, 4) is 5.40 Å². The summed E-state index contributed by atoms with van der Waals surface area (Å²) in [6.07, 6.45) is 0. The average molecular weight is 284 g/mol. The monoisotopic (exact) mass is 282 g/mol. The Morgan fingerprint density at radius 3 is 2.75 bits per heavy atom. The molecule has 0 saturated carbocycles. The third kappa shape index (κ3) is 2.27. The van der Waals surface area contributed by atoms with Gasteiger partial charge in [0, 0.05) is 0 Å². The molecular formula is C6HBrCl2N2S. The Bertz CT molecular complexity index is 350. The maximum Gasteiger partial charge on any atom is 0.145 e. The molecule has 12 heavy (non-hydrogen) atoms. The third-order valence-electron chi connectivity index (χ3n) is 1.01. The first-order chi connectivity index (χ1) is 5.65. The first kappa shape index (κ1) is 10.1. The van der Waals surface area contributed by atoms with Crippen LogP contribution in [0.5, 0.6) is 0 Å². The zero-order chi connectivity index (χ0) is 9.14. The molecule has 0 aliphatic rings. The van der Waals surface area contributed by atoms with Crippen molar-refractivity contribution in [2.75, 3.05) is 0 Å². The van der Waals surface area contributed by atoms with Crippen LogP contribution in [0.25, 0.3) is 0 Å². The topological polar surface area (TPSA) is 36.7 Å². The lowest BCUT2D eigenvalue weighted by molar-refractivity contribution is 1.22. The van der Waals surface area contributed by atoms with Gasteiger partial charge in [-0.15, -0.1) is 0 Å². The van der Waals surface area contributed by atoms with Gasteiger partial charge in [0.25, 0.3) is 0 Å². The van der Waals surface area contributed by atoms with Crippen molar-refractivity contribution < 1.29 is 0 Å². The zero-order valence-electron chi connectivity index (χ0n) is 5.51. The van der Waals surface area contributed by atoms with Gasteiger partial charge in [0.1, 0.15) is 15.7 Å². The number of thioether (sulfide) groups is 1. The fraction of sp³-hybridized carbons (Fsp3) is 0. The van der Waals surface area contributed by atoms with E-state index in [0.29, 0.717) is 14.5 Å². The summed E-state index contributed by atoms with van der Waals surface area (Å²) in [5.74, 6) is 0. The molecule has 0 aliphatic carbocycles. The van der Waals surface area contributed by atoms with E-state index in [1.54, 1.807) is 6.07 Å². The van der Waals surface area contributed by atoms with Crippen LogP contribution < -0.4 is 0 Å². The minimum absolute atomic E-state index is 0.245. The normalized spacial score (nSPS) is 9.50. The Labute approximate surface area is 92.0 Å². The molecule has 0 amide bonds. The molecule has 0 spiro atoms. The van der Waals surface area contributed by atoms with Gasteiger partial charge in [-0.25, -0.2) is 4.98 Å². The van der Waals surface area contributed by atoms with Crippen molar-refractivity contribution in [2.24, 2.45) is 0 Å². The van der Waals surface area contributed by atoms with Gasteiger partial charge in [0.05, 0.1) is 9.37 Å². The molecule has 0 saturated heterocycles. The quantitative estimate of drug-likeness (QED) is 0.448. The minimum Gasteiger partial charge on any atom is -0.222 e. The number of hydrogen-bond acceptors (Lipinski definition) is 3. The Hall–Kier alpha value is 0.0500. The highest BCUT2D eigenvalue weighted by molar-refractivity contribution is 9.10. The number of nitriles is 1. The van der Waals surface area contributed by atoms with Crippen molar-refractivity contribution in [2.45, 2.75) is 4.90 Å². The molecule has 0 radical (unpaired) electrons. The molecule has 6 heteroatoms. The number of thiocyanates is 1. The van der Waals surface area contributed by atoms with Gasteiger partial charge in [-0.3, -0.25) is 0 Å². The van der Waals surface area contributed by atoms with Crippen molar-refractivity contribution in [3.63, 3.8) is 0 Å². The fourth-order valence-electron chi connectivity index (χ4n) is 0.550. The van der Waals surface area contributed by atoms with Gasteiger partial charge in [-0.1, -0.05) is 23.2 Å². The van der Waals surface area contributed by atoms with E-state index < -0.39 is 0 Å². The van der Waals surface area contributed by atoms with Crippen molar-refractivity contribution in [3.05, 3.63) is 20.8 Å². The summed E-state index contributed by atoms with van der Waals surface area (Å²) < 4.78 is 0.631. The lowest BCUT2D eigenvalue weighted by Crippen LogP contribution is -1.81. The number of aromatic nitrogens is 1. The standard InChI is InChI=1S/C6HBrCl2N2S/c7-3-1-4(12-2-10)6(9)11-5(3)8/h1H. The van der Waals surface area contributed by atoms with Crippen molar-refractivity contribution >= 4 is 50.9 Å². The average Bonchev–Trinajstić information content (AvgIpc) is 2.01. The van der Waals surface area contributed by atoms with E-state index >= 15 is 0 Å². The second-order valence-corrected chi connectivity index (χ2v) is 4.14. The first-order valence-electron chi connectivity index (χ1n) is 2.72. The predicted octanol–water partition coefficient (Wildman–Crippen LogP) is 3.72. The molecule has 0 aliphatic heterocycles. The fourth-order valence-corrected chi connectivity index (χ4v) is 1.86. The van der Waals surface area contributed by atoms with Crippen LogP contribution in [0.3, 0.4) is 0 Å².